The number of rotatable bonds is 6. The average Bonchev–Trinajstić information content (AvgIpc) is 3.36. The van der Waals surface area contributed by atoms with E-state index in [1.165, 1.54) is 22.0 Å². The third kappa shape index (κ3) is 5.07. The first-order valence-electron chi connectivity index (χ1n) is 13.5. The minimum Gasteiger partial charge on any atom is -0.463 e. The van der Waals surface area contributed by atoms with Crippen molar-refractivity contribution in [2.75, 3.05) is 62.7 Å². The van der Waals surface area contributed by atoms with E-state index in [4.69, 9.17) is 14.7 Å². The largest absolute Gasteiger partial charge is 0.463 e. The van der Waals surface area contributed by atoms with E-state index >= 15 is 0 Å². The SMILES string of the molecule is CN1CC[C@@H](COc2nc3c(c(N4CCNC(CC#N)C4)n2)CCN(c2cccc4ccccc24)C3)C1. The molecule has 37 heavy (non-hydrogen) atoms. The van der Waals surface area contributed by atoms with Crippen molar-refractivity contribution in [3.8, 4) is 12.1 Å². The summed E-state index contributed by atoms with van der Waals surface area (Å²) in [5, 5.41) is 15.3. The summed E-state index contributed by atoms with van der Waals surface area (Å²) in [7, 11) is 2.16. The predicted molar refractivity (Wildman–Crippen MR) is 146 cm³/mol. The molecule has 192 valence electrons. The van der Waals surface area contributed by atoms with E-state index in [9.17, 15) is 5.26 Å². The molecule has 0 spiro atoms. The summed E-state index contributed by atoms with van der Waals surface area (Å²) in [6, 6.07) is 18.1. The predicted octanol–water partition coefficient (Wildman–Crippen LogP) is 3.21. The fraction of sp³-hybridized carbons (Fsp3) is 0.483. The minimum atomic E-state index is 0.151. The van der Waals surface area contributed by atoms with E-state index < -0.39 is 0 Å². The first-order chi connectivity index (χ1) is 18.2. The van der Waals surface area contributed by atoms with E-state index in [1.807, 2.05) is 0 Å². The van der Waals surface area contributed by atoms with Gasteiger partial charge in [0, 0.05) is 61.3 Å². The molecule has 0 radical (unpaired) electrons. The molecule has 0 amide bonds. The van der Waals surface area contributed by atoms with Crippen LogP contribution in [0.3, 0.4) is 0 Å². The molecule has 2 aromatic carbocycles. The molecule has 2 fully saturated rings. The fourth-order valence-electron chi connectivity index (χ4n) is 6.02. The van der Waals surface area contributed by atoms with Crippen molar-refractivity contribution in [1.29, 1.82) is 5.26 Å². The van der Waals surface area contributed by atoms with Crippen LogP contribution in [0.2, 0.25) is 0 Å². The van der Waals surface area contributed by atoms with Gasteiger partial charge in [-0.25, -0.2) is 0 Å². The molecule has 8 heteroatoms. The summed E-state index contributed by atoms with van der Waals surface area (Å²) in [5.41, 5.74) is 3.52. The van der Waals surface area contributed by atoms with Crippen molar-refractivity contribution in [1.82, 2.24) is 20.2 Å². The normalized spacial score (nSPS) is 22.2. The number of hydrogen-bond donors (Lipinski definition) is 1. The van der Waals surface area contributed by atoms with Crippen LogP contribution in [0.25, 0.3) is 10.8 Å². The van der Waals surface area contributed by atoms with Gasteiger partial charge in [0.2, 0.25) is 0 Å². The van der Waals surface area contributed by atoms with Gasteiger partial charge in [-0.3, -0.25) is 0 Å². The molecule has 3 aromatic rings. The summed E-state index contributed by atoms with van der Waals surface area (Å²) in [4.78, 5) is 17.1. The van der Waals surface area contributed by atoms with Crippen molar-refractivity contribution in [3.63, 3.8) is 0 Å². The summed E-state index contributed by atoms with van der Waals surface area (Å²) in [5.74, 6) is 1.50. The van der Waals surface area contributed by atoms with Crippen LogP contribution < -0.4 is 19.9 Å². The number of likely N-dealkylation sites (tertiary alicyclic amines) is 1. The van der Waals surface area contributed by atoms with Gasteiger partial charge in [-0.05, 0) is 37.9 Å². The summed E-state index contributed by atoms with van der Waals surface area (Å²) < 4.78 is 6.26. The number of benzene rings is 2. The minimum absolute atomic E-state index is 0.151. The molecular formula is C29H35N7O. The van der Waals surface area contributed by atoms with Crippen LogP contribution in [-0.2, 0) is 13.0 Å². The molecule has 2 saturated heterocycles. The zero-order chi connectivity index (χ0) is 25.2. The number of fused-ring (bicyclic) bond motifs is 2. The molecular weight excluding hydrogens is 462 g/mol. The lowest BCUT2D eigenvalue weighted by atomic mass is 10.0. The summed E-state index contributed by atoms with van der Waals surface area (Å²) >= 11 is 0. The second-order valence-corrected chi connectivity index (χ2v) is 10.6. The Balaban J connectivity index is 1.31. The Kier molecular flexibility index (Phi) is 6.81. The van der Waals surface area contributed by atoms with Crippen molar-refractivity contribution in [3.05, 3.63) is 53.7 Å². The quantitative estimate of drug-likeness (QED) is 0.556. The number of piperazine rings is 1. The molecule has 3 aliphatic heterocycles. The summed E-state index contributed by atoms with van der Waals surface area (Å²) in [6.45, 7) is 6.95. The number of nitriles is 1. The zero-order valence-corrected chi connectivity index (χ0v) is 21.6. The number of hydrogen-bond acceptors (Lipinski definition) is 8. The number of aromatic nitrogens is 2. The van der Waals surface area contributed by atoms with Crippen molar-refractivity contribution in [2.45, 2.75) is 31.8 Å². The molecule has 1 aromatic heterocycles. The van der Waals surface area contributed by atoms with Crippen LogP contribution in [0, 0.1) is 17.2 Å². The number of nitrogens with zero attached hydrogens (tertiary/aromatic N) is 6. The highest BCUT2D eigenvalue weighted by molar-refractivity contribution is 5.94. The van der Waals surface area contributed by atoms with Gasteiger partial charge in [0.1, 0.15) is 5.82 Å². The third-order valence-electron chi connectivity index (χ3n) is 7.96. The van der Waals surface area contributed by atoms with E-state index in [-0.39, 0.29) is 6.04 Å². The molecule has 4 heterocycles. The smallest absolute Gasteiger partial charge is 0.318 e. The second kappa shape index (κ2) is 10.5. The van der Waals surface area contributed by atoms with Crippen LogP contribution >= 0.6 is 0 Å². The van der Waals surface area contributed by atoms with Crippen LogP contribution in [0.5, 0.6) is 6.01 Å². The average molecular weight is 498 g/mol. The number of anilines is 2. The Morgan fingerprint density at radius 1 is 1.05 bits per heavy atom. The molecule has 3 aliphatic rings. The first kappa shape index (κ1) is 24.0. The Morgan fingerprint density at radius 3 is 2.81 bits per heavy atom. The van der Waals surface area contributed by atoms with Crippen LogP contribution in [0.4, 0.5) is 11.5 Å². The zero-order valence-electron chi connectivity index (χ0n) is 21.6. The lowest BCUT2D eigenvalue weighted by Gasteiger charge is -2.37. The fourth-order valence-corrected chi connectivity index (χ4v) is 6.02. The number of nitrogens with one attached hydrogen (secondary N) is 1. The van der Waals surface area contributed by atoms with Gasteiger partial charge in [-0.15, -0.1) is 0 Å². The van der Waals surface area contributed by atoms with Crippen molar-refractivity contribution < 1.29 is 4.74 Å². The van der Waals surface area contributed by atoms with E-state index in [1.54, 1.807) is 0 Å². The third-order valence-corrected chi connectivity index (χ3v) is 7.96. The van der Waals surface area contributed by atoms with Gasteiger partial charge in [0.25, 0.3) is 0 Å². The maximum Gasteiger partial charge on any atom is 0.318 e. The lowest BCUT2D eigenvalue weighted by Crippen LogP contribution is -2.51. The highest BCUT2D eigenvalue weighted by Crippen LogP contribution is 2.34. The highest BCUT2D eigenvalue weighted by Gasteiger charge is 2.29. The Hall–Kier alpha value is -3.41. The monoisotopic (exact) mass is 497 g/mol. The molecule has 1 N–H and O–H groups in total. The van der Waals surface area contributed by atoms with E-state index in [2.05, 4.69) is 75.6 Å². The molecule has 0 bridgehead atoms. The molecule has 2 atom stereocenters. The Bertz CT molecular complexity index is 1300. The Morgan fingerprint density at radius 2 is 1.95 bits per heavy atom. The van der Waals surface area contributed by atoms with Crippen molar-refractivity contribution in [2.24, 2.45) is 5.92 Å². The molecule has 1 unspecified atom stereocenters. The first-order valence-corrected chi connectivity index (χ1v) is 13.5. The Labute approximate surface area is 218 Å². The molecule has 0 saturated carbocycles. The highest BCUT2D eigenvalue weighted by atomic mass is 16.5. The van der Waals surface area contributed by atoms with Crippen LogP contribution in [0.15, 0.2) is 42.5 Å². The van der Waals surface area contributed by atoms with Gasteiger partial charge in [0.15, 0.2) is 0 Å². The van der Waals surface area contributed by atoms with Gasteiger partial charge >= 0.3 is 6.01 Å². The lowest BCUT2D eigenvalue weighted by molar-refractivity contribution is 0.231. The van der Waals surface area contributed by atoms with Gasteiger partial charge in [0.05, 0.1) is 31.3 Å². The summed E-state index contributed by atoms with van der Waals surface area (Å²) in [6.07, 6.45) is 2.53. The molecule has 8 nitrogen and oxygen atoms in total. The van der Waals surface area contributed by atoms with Gasteiger partial charge < -0.3 is 24.8 Å². The number of ether oxygens (including phenoxy) is 1. The second-order valence-electron chi connectivity index (χ2n) is 10.6. The van der Waals surface area contributed by atoms with E-state index in [0.717, 1.165) is 70.2 Å². The molecule has 0 aliphatic carbocycles. The maximum atomic E-state index is 9.25. The van der Waals surface area contributed by atoms with Crippen LogP contribution in [0.1, 0.15) is 24.1 Å². The van der Waals surface area contributed by atoms with E-state index in [0.29, 0.717) is 25.0 Å². The topological polar surface area (TPSA) is 80.5 Å². The maximum absolute atomic E-state index is 9.25. The van der Waals surface area contributed by atoms with Gasteiger partial charge in [-0.2, -0.15) is 15.2 Å². The van der Waals surface area contributed by atoms with Gasteiger partial charge in [-0.1, -0.05) is 36.4 Å². The van der Waals surface area contributed by atoms with Crippen molar-refractivity contribution >= 4 is 22.3 Å². The van der Waals surface area contributed by atoms with Crippen LogP contribution in [-0.4, -0.2) is 73.8 Å². The standard InChI is InChI=1S/C29H35N7O/c1-34-14-10-21(17-34)20-37-29-32-26-19-35(27-8-4-6-22-5-2-3-7-24(22)27)15-11-25(26)28(33-29)36-16-13-31-23(18-36)9-12-30/h2-8,21,23,31H,9-11,13-20H2,1H3/t21-,23?/m1/s1. The molecule has 6 rings (SSSR count).